The zero-order valence-corrected chi connectivity index (χ0v) is 22.0. The number of methoxy groups -OCH3 is 2. The molecular weight excluding hydrogens is 452 g/mol. The summed E-state index contributed by atoms with van der Waals surface area (Å²) < 4.78 is 11.3. The molecule has 0 aliphatic carbocycles. The Kier molecular flexibility index (Phi) is 4.34. The van der Waals surface area contributed by atoms with Crippen molar-refractivity contribution in [2.24, 2.45) is 0 Å². The number of hydrogen-bond acceptors (Lipinski definition) is 4. The molecule has 184 valence electrons. The maximum Gasteiger partial charge on any atom is 0.260 e. The fourth-order valence-corrected chi connectivity index (χ4v) is 6.50. The van der Waals surface area contributed by atoms with E-state index in [2.05, 4.69) is 26.0 Å². The molecule has 4 heterocycles. The molecule has 0 atom stereocenters. The SMILES string of the molecule is COc1cc2c3c(c1)/C(=C1\C(=O)N4c5c(cc(OC)cc51)C(C)=CC4(C)C)C(=O)N3C(C)(C)C=C2C. The van der Waals surface area contributed by atoms with Gasteiger partial charge in [-0.25, -0.2) is 0 Å². The van der Waals surface area contributed by atoms with E-state index in [0.717, 1.165) is 44.8 Å². The topological polar surface area (TPSA) is 59.1 Å². The first-order valence-electron chi connectivity index (χ1n) is 12.2. The van der Waals surface area contributed by atoms with Gasteiger partial charge in [0.15, 0.2) is 0 Å². The molecule has 2 aromatic carbocycles. The zero-order chi connectivity index (χ0) is 25.9. The minimum absolute atomic E-state index is 0.171. The normalized spacial score (nSPS) is 22.3. The number of nitrogens with zero attached hydrogens (tertiary/aromatic N) is 2. The van der Waals surface area contributed by atoms with E-state index in [1.54, 1.807) is 14.2 Å². The second kappa shape index (κ2) is 6.90. The number of allylic oxidation sites excluding steroid dienone is 2. The highest BCUT2D eigenvalue weighted by Gasteiger charge is 2.51. The van der Waals surface area contributed by atoms with Crippen LogP contribution in [0.1, 0.15) is 63.8 Å². The van der Waals surface area contributed by atoms with Crippen molar-refractivity contribution in [3.63, 3.8) is 0 Å². The number of carbonyl (C=O) groups is 2. The van der Waals surface area contributed by atoms with Gasteiger partial charge in [0, 0.05) is 22.3 Å². The summed E-state index contributed by atoms with van der Waals surface area (Å²) in [5.41, 5.74) is 6.95. The molecule has 6 heteroatoms. The molecule has 6 rings (SSSR count). The monoisotopic (exact) mass is 482 g/mol. The van der Waals surface area contributed by atoms with Crippen LogP contribution in [0.4, 0.5) is 11.4 Å². The fraction of sp³-hybridized carbons (Fsp3) is 0.333. The highest BCUT2D eigenvalue weighted by Crippen LogP contribution is 2.57. The second-order valence-corrected chi connectivity index (χ2v) is 11.1. The largest absolute Gasteiger partial charge is 0.497 e. The van der Waals surface area contributed by atoms with Crippen LogP contribution < -0.4 is 19.3 Å². The molecule has 4 aliphatic heterocycles. The van der Waals surface area contributed by atoms with Gasteiger partial charge in [-0.15, -0.1) is 0 Å². The van der Waals surface area contributed by atoms with Gasteiger partial charge in [0.25, 0.3) is 11.8 Å². The molecule has 0 radical (unpaired) electrons. The van der Waals surface area contributed by atoms with Crippen LogP contribution in [0.25, 0.3) is 22.3 Å². The van der Waals surface area contributed by atoms with Crippen LogP contribution in [0.5, 0.6) is 11.5 Å². The van der Waals surface area contributed by atoms with Gasteiger partial charge in [-0.05, 0) is 77.0 Å². The standard InChI is InChI=1S/C30H30N2O4/c1-15-13-29(3,4)31-25-19(15)9-17(35-7)11-21(25)23(27(31)33)24-22-12-18(36-8)10-20-16(2)14-30(5,6)32(26(20)22)28(24)34/h9-14H,1-8H3/b24-23+. The Morgan fingerprint density at radius 1 is 0.611 bits per heavy atom. The maximum absolute atomic E-state index is 14.3. The number of ether oxygens (including phenoxy) is 2. The van der Waals surface area contributed by atoms with Crippen molar-refractivity contribution in [3.05, 3.63) is 58.7 Å². The van der Waals surface area contributed by atoms with E-state index in [-0.39, 0.29) is 11.8 Å². The smallest absolute Gasteiger partial charge is 0.260 e. The average molecular weight is 483 g/mol. The molecule has 0 unspecified atom stereocenters. The first kappa shape index (κ1) is 22.7. The number of amides is 2. The average Bonchev–Trinajstić information content (AvgIpc) is 3.26. The van der Waals surface area contributed by atoms with Crippen LogP contribution in [0.2, 0.25) is 0 Å². The number of benzene rings is 2. The summed E-state index contributed by atoms with van der Waals surface area (Å²) in [5.74, 6) is 0.964. The van der Waals surface area contributed by atoms with Gasteiger partial charge in [0.05, 0.1) is 47.8 Å². The third kappa shape index (κ3) is 2.67. The van der Waals surface area contributed by atoms with E-state index in [1.165, 1.54) is 0 Å². The summed E-state index contributed by atoms with van der Waals surface area (Å²) in [5, 5.41) is 0. The molecular formula is C30H30N2O4. The summed E-state index contributed by atoms with van der Waals surface area (Å²) in [7, 11) is 3.24. The molecule has 4 aliphatic rings. The Balaban J connectivity index is 1.74. The van der Waals surface area contributed by atoms with Gasteiger partial charge in [-0.2, -0.15) is 0 Å². The zero-order valence-electron chi connectivity index (χ0n) is 22.0. The maximum atomic E-state index is 14.3. The number of anilines is 2. The predicted molar refractivity (Wildman–Crippen MR) is 143 cm³/mol. The van der Waals surface area contributed by atoms with Gasteiger partial charge in [-0.1, -0.05) is 12.2 Å². The van der Waals surface area contributed by atoms with E-state index in [9.17, 15) is 9.59 Å². The Morgan fingerprint density at radius 2 is 0.944 bits per heavy atom. The minimum Gasteiger partial charge on any atom is -0.497 e. The molecule has 2 aromatic rings. The summed E-state index contributed by atoms with van der Waals surface area (Å²) >= 11 is 0. The van der Waals surface area contributed by atoms with Gasteiger partial charge < -0.3 is 9.47 Å². The van der Waals surface area contributed by atoms with Crippen molar-refractivity contribution in [2.75, 3.05) is 24.0 Å². The summed E-state index contributed by atoms with van der Waals surface area (Å²) in [6, 6.07) is 7.71. The van der Waals surface area contributed by atoms with Crippen molar-refractivity contribution in [3.8, 4) is 11.5 Å². The van der Waals surface area contributed by atoms with E-state index in [1.807, 2.05) is 61.8 Å². The predicted octanol–water partition coefficient (Wildman–Crippen LogP) is 5.70. The van der Waals surface area contributed by atoms with E-state index in [4.69, 9.17) is 9.47 Å². The summed E-state index contributed by atoms with van der Waals surface area (Å²) in [6.07, 6.45) is 4.21. The minimum atomic E-state index is -0.547. The van der Waals surface area contributed by atoms with Gasteiger partial charge >= 0.3 is 0 Å². The van der Waals surface area contributed by atoms with E-state index in [0.29, 0.717) is 22.6 Å². The molecule has 0 saturated carbocycles. The molecule has 0 bridgehead atoms. The first-order chi connectivity index (χ1) is 16.9. The van der Waals surface area contributed by atoms with Crippen molar-refractivity contribution in [1.82, 2.24) is 0 Å². The Hall–Kier alpha value is -3.80. The highest BCUT2D eigenvalue weighted by atomic mass is 16.5. The van der Waals surface area contributed by atoms with Crippen molar-refractivity contribution < 1.29 is 19.1 Å². The van der Waals surface area contributed by atoms with Crippen LogP contribution in [-0.2, 0) is 9.59 Å². The summed E-state index contributed by atoms with van der Waals surface area (Å²) in [4.78, 5) is 32.3. The lowest BCUT2D eigenvalue weighted by molar-refractivity contribution is -0.115. The highest BCUT2D eigenvalue weighted by molar-refractivity contribution is 6.51. The van der Waals surface area contributed by atoms with Crippen molar-refractivity contribution in [2.45, 2.75) is 52.6 Å². The molecule has 0 fully saturated rings. The lowest BCUT2D eigenvalue weighted by Gasteiger charge is -2.39. The van der Waals surface area contributed by atoms with Crippen LogP contribution in [-0.4, -0.2) is 37.1 Å². The lowest BCUT2D eigenvalue weighted by atomic mass is 9.88. The van der Waals surface area contributed by atoms with Crippen LogP contribution in [0, 0.1) is 0 Å². The molecule has 0 saturated heterocycles. The first-order valence-corrected chi connectivity index (χ1v) is 12.2. The Bertz CT molecular complexity index is 1410. The third-order valence-corrected chi connectivity index (χ3v) is 7.85. The fourth-order valence-electron chi connectivity index (χ4n) is 6.50. The van der Waals surface area contributed by atoms with Gasteiger partial charge in [-0.3, -0.25) is 19.4 Å². The number of rotatable bonds is 2. The quantitative estimate of drug-likeness (QED) is 0.516. The Labute approximate surface area is 211 Å². The van der Waals surface area contributed by atoms with E-state index >= 15 is 0 Å². The van der Waals surface area contributed by atoms with Gasteiger partial charge in [0.2, 0.25) is 0 Å². The van der Waals surface area contributed by atoms with Crippen molar-refractivity contribution in [1.29, 1.82) is 0 Å². The van der Waals surface area contributed by atoms with Crippen LogP contribution in [0.15, 0.2) is 36.4 Å². The Morgan fingerprint density at radius 3 is 1.28 bits per heavy atom. The molecule has 6 nitrogen and oxygen atoms in total. The second-order valence-electron chi connectivity index (χ2n) is 11.1. The molecule has 0 aromatic heterocycles. The lowest BCUT2D eigenvalue weighted by Crippen LogP contribution is -2.47. The summed E-state index contributed by atoms with van der Waals surface area (Å²) in [6.45, 7) is 12.2. The molecule has 2 amide bonds. The van der Waals surface area contributed by atoms with Crippen LogP contribution in [0.3, 0.4) is 0 Å². The number of carbonyl (C=O) groups excluding carboxylic acids is 2. The van der Waals surface area contributed by atoms with E-state index < -0.39 is 11.1 Å². The number of hydrogen-bond donors (Lipinski definition) is 0. The third-order valence-electron chi connectivity index (χ3n) is 7.85. The molecule has 0 N–H and O–H groups in total. The van der Waals surface area contributed by atoms with Gasteiger partial charge in [0.1, 0.15) is 11.5 Å². The molecule has 0 spiro atoms. The van der Waals surface area contributed by atoms with Crippen molar-refractivity contribution >= 4 is 45.5 Å². The van der Waals surface area contributed by atoms with Crippen LogP contribution >= 0.6 is 0 Å². The molecule has 36 heavy (non-hydrogen) atoms.